The molecule has 1 atom stereocenters. The number of hydrogen-bond donors (Lipinski definition) is 5. The van der Waals surface area contributed by atoms with Gasteiger partial charge in [-0.05, 0) is 45.2 Å². The summed E-state index contributed by atoms with van der Waals surface area (Å²) in [6, 6.07) is -0.791. The highest BCUT2D eigenvalue weighted by Gasteiger charge is 2.10. The van der Waals surface area contributed by atoms with E-state index in [0.717, 1.165) is 51.9 Å². The Morgan fingerprint density at radius 1 is 0.786 bits per heavy atom. The third-order valence-corrected chi connectivity index (χ3v) is 4.82. The van der Waals surface area contributed by atoms with Gasteiger partial charge in [0.15, 0.2) is 0 Å². The van der Waals surface area contributed by atoms with Crippen LogP contribution in [0.5, 0.6) is 0 Å². The lowest BCUT2D eigenvalue weighted by Gasteiger charge is -2.07. The number of amides is 1. The van der Waals surface area contributed by atoms with Crippen LogP contribution in [0.3, 0.4) is 0 Å². The Morgan fingerprint density at radius 3 is 2.00 bits per heavy atom. The third-order valence-electron chi connectivity index (χ3n) is 4.82. The number of carboxylic acids is 1. The van der Waals surface area contributed by atoms with Crippen molar-refractivity contribution in [2.45, 2.75) is 90.0 Å². The quantitative estimate of drug-likeness (QED) is 0.189. The first-order valence-corrected chi connectivity index (χ1v) is 11.2. The molecule has 6 N–H and O–H groups in total. The fourth-order valence-corrected chi connectivity index (χ4v) is 3.00. The molecule has 0 aromatic rings. The summed E-state index contributed by atoms with van der Waals surface area (Å²) in [6.07, 6.45) is 12.2. The Kier molecular flexibility index (Phi) is 19.7. The summed E-state index contributed by atoms with van der Waals surface area (Å²) in [5, 5.41) is 18.3. The van der Waals surface area contributed by atoms with Crippen LogP contribution in [-0.4, -0.2) is 55.7 Å². The van der Waals surface area contributed by atoms with Crippen molar-refractivity contribution in [3.63, 3.8) is 0 Å². The summed E-state index contributed by atoms with van der Waals surface area (Å²) >= 11 is 0. The SMILES string of the molecule is CCNCCNCCCCCCCCCCC(=O)NCCCC[C@H](N)C(=O)O. The van der Waals surface area contributed by atoms with E-state index in [0.29, 0.717) is 19.4 Å². The van der Waals surface area contributed by atoms with E-state index in [4.69, 9.17) is 10.8 Å². The van der Waals surface area contributed by atoms with Crippen molar-refractivity contribution < 1.29 is 14.7 Å². The normalized spacial score (nSPS) is 12.1. The van der Waals surface area contributed by atoms with Crippen molar-refractivity contribution in [3.05, 3.63) is 0 Å². The molecule has 166 valence electrons. The Labute approximate surface area is 171 Å². The van der Waals surface area contributed by atoms with Gasteiger partial charge < -0.3 is 26.8 Å². The van der Waals surface area contributed by atoms with Gasteiger partial charge >= 0.3 is 5.97 Å². The number of likely N-dealkylation sites (N-methyl/N-ethyl adjacent to an activating group) is 1. The van der Waals surface area contributed by atoms with Gasteiger partial charge in [0.2, 0.25) is 5.91 Å². The van der Waals surface area contributed by atoms with Gasteiger partial charge in [-0.25, -0.2) is 0 Å². The van der Waals surface area contributed by atoms with Crippen molar-refractivity contribution in [2.24, 2.45) is 5.73 Å². The monoisotopic (exact) mass is 400 g/mol. The molecule has 0 radical (unpaired) electrons. The number of carbonyl (C=O) groups excluding carboxylic acids is 1. The predicted molar refractivity (Wildman–Crippen MR) is 115 cm³/mol. The molecule has 0 aromatic heterocycles. The predicted octanol–water partition coefficient (Wildman–Crippen LogP) is 2.39. The van der Waals surface area contributed by atoms with Crippen LogP contribution in [0.2, 0.25) is 0 Å². The summed E-state index contributed by atoms with van der Waals surface area (Å²) in [7, 11) is 0. The molecule has 28 heavy (non-hydrogen) atoms. The highest BCUT2D eigenvalue weighted by molar-refractivity contribution is 5.75. The number of nitrogens with two attached hydrogens (primary N) is 1. The Bertz CT molecular complexity index is 381. The van der Waals surface area contributed by atoms with Crippen molar-refractivity contribution in [3.8, 4) is 0 Å². The summed E-state index contributed by atoms with van der Waals surface area (Å²) < 4.78 is 0. The minimum atomic E-state index is -0.961. The molecule has 7 heteroatoms. The average Bonchev–Trinajstić information content (AvgIpc) is 2.67. The van der Waals surface area contributed by atoms with Gasteiger partial charge in [0.05, 0.1) is 0 Å². The van der Waals surface area contributed by atoms with Crippen molar-refractivity contribution in [2.75, 3.05) is 32.7 Å². The molecule has 0 aliphatic heterocycles. The van der Waals surface area contributed by atoms with E-state index >= 15 is 0 Å². The van der Waals surface area contributed by atoms with Gasteiger partial charge in [0.1, 0.15) is 6.04 Å². The summed E-state index contributed by atoms with van der Waals surface area (Å²) in [4.78, 5) is 22.3. The Hall–Kier alpha value is -1.18. The second kappa shape index (κ2) is 20.6. The topological polar surface area (TPSA) is 116 Å². The molecule has 0 spiro atoms. The first-order valence-electron chi connectivity index (χ1n) is 11.2. The van der Waals surface area contributed by atoms with Crippen LogP contribution in [0.1, 0.15) is 84.0 Å². The van der Waals surface area contributed by atoms with Crippen LogP contribution in [0.4, 0.5) is 0 Å². The van der Waals surface area contributed by atoms with Crippen molar-refractivity contribution in [1.82, 2.24) is 16.0 Å². The molecule has 0 bridgehead atoms. The molecule has 0 saturated carbocycles. The van der Waals surface area contributed by atoms with Gasteiger partial charge in [-0.15, -0.1) is 0 Å². The molecule has 0 aliphatic carbocycles. The maximum atomic E-state index is 11.7. The van der Waals surface area contributed by atoms with E-state index in [1.807, 2.05) is 0 Å². The summed E-state index contributed by atoms with van der Waals surface area (Å²) in [5.74, 6) is -0.860. The molecule has 0 fully saturated rings. The maximum Gasteiger partial charge on any atom is 0.320 e. The standard InChI is InChI=1S/C21H44N4O3/c1-2-23-17-18-24-15-11-8-6-4-3-5-7-9-14-20(26)25-16-12-10-13-19(22)21(27)28/h19,23-24H,2-18,22H2,1H3,(H,25,26)(H,27,28)/t19-/m0/s1. The first-order chi connectivity index (χ1) is 13.6. The van der Waals surface area contributed by atoms with E-state index in [2.05, 4.69) is 22.9 Å². The van der Waals surface area contributed by atoms with E-state index in [1.165, 1.54) is 38.5 Å². The summed E-state index contributed by atoms with van der Waals surface area (Å²) in [6.45, 7) is 7.00. The number of carbonyl (C=O) groups is 2. The van der Waals surface area contributed by atoms with E-state index in [-0.39, 0.29) is 5.91 Å². The second-order valence-corrected chi connectivity index (χ2v) is 7.47. The molecule has 0 rings (SSSR count). The van der Waals surface area contributed by atoms with Gasteiger partial charge in [-0.3, -0.25) is 9.59 Å². The van der Waals surface area contributed by atoms with E-state index in [1.54, 1.807) is 0 Å². The minimum absolute atomic E-state index is 0.101. The zero-order valence-corrected chi connectivity index (χ0v) is 17.9. The van der Waals surface area contributed by atoms with Gasteiger partial charge in [-0.2, -0.15) is 0 Å². The smallest absolute Gasteiger partial charge is 0.320 e. The van der Waals surface area contributed by atoms with Gasteiger partial charge in [-0.1, -0.05) is 45.4 Å². The van der Waals surface area contributed by atoms with Gasteiger partial charge in [0.25, 0.3) is 0 Å². The fraction of sp³-hybridized carbons (Fsp3) is 0.905. The average molecular weight is 401 g/mol. The lowest BCUT2D eigenvalue weighted by Crippen LogP contribution is -2.30. The minimum Gasteiger partial charge on any atom is -0.480 e. The number of aliphatic carboxylic acids is 1. The highest BCUT2D eigenvalue weighted by atomic mass is 16.4. The number of hydrogen-bond acceptors (Lipinski definition) is 5. The Morgan fingerprint density at radius 2 is 1.36 bits per heavy atom. The molecule has 0 heterocycles. The molecular formula is C21H44N4O3. The van der Waals surface area contributed by atoms with Crippen LogP contribution < -0.4 is 21.7 Å². The largest absolute Gasteiger partial charge is 0.480 e. The zero-order valence-electron chi connectivity index (χ0n) is 17.9. The fourth-order valence-electron chi connectivity index (χ4n) is 3.00. The van der Waals surface area contributed by atoms with Crippen LogP contribution >= 0.6 is 0 Å². The molecule has 7 nitrogen and oxygen atoms in total. The van der Waals surface area contributed by atoms with Crippen molar-refractivity contribution in [1.29, 1.82) is 0 Å². The first kappa shape index (κ1) is 26.8. The molecular weight excluding hydrogens is 356 g/mol. The highest BCUT2D eigenvalue weighted by Crippen LogP contribution is 2.09. The van der Waals surface area contributed by atoms with Crippen LogP contribution in [0.15, 0.2) is 0 Å². The van der Waals surface area contributed by atoms with Crippen molar-refractivity contribution >= 4 is 11.9 Å². The molecule has 0 saturated heterocycles. The zero-order chi connectivity index (χ0) is 20.9. The third kappa shape index (κ3) is 19.6. The molecule has 0 aromatic carbocycles. The van der Waals surface area contributed by atoms with Gasteiger partial charge in [0, 0.05) is 26.1 Å². The van der Waals surface area contributed by atoms with Crippen LogP contribution in [0, 0.1) is 0 Å². The van der Waals surface area contributed by atoms with E-state index < -0.39 is 12.0 Å². The molecule has 1 amide bonds. The lowest BCUT2D eigenvalue weighted by molar-refractivity contribution is -0.138. The molecule has 0 unspecified atom stereocenters. The van der Waals surface area contributed by atoms with Crippen LogP contribution in [0.25, 0.3) is 0 Å². The number of nitrogens with one attached hydrogen (secondary N) is 3. The van der Waals surface area contributed by atoms with Crippen LogP contribution in [-0.2, 0) is 9.59 Å². The number of unbranched alkanes of at least 4 members (excludes halogenated alkanes) is 8. The maximum absolute atomic E-state index is 11.7. The van der Waals surface area contributed by atoms with E-state index in [9.17, 15) is 9.59 Å². The number of carboxylic acid groups (broad SMARTS) is 1. The molecule has 0 aliphatic rings. The summed E-state index contributed by atoms with van der Waals surface area (Å²) in [5.41, 5.74) is 5.43. The number of rotatable bonds is 21. The Balaban J connectivity index is 3.21. The second-order valence-electron chi connectivity index (χ2n) is 7.47. The lowest BCUT2D eigenvalue weighted by atomic mass is 10.1.